The zero-order valence-corrected chi connectivity index (χ0v) is 10.3. The lowest BCUT2D eigenvalue weighted by Gasteiger charge is -2.28. The summed E-state index contributed by atoms with van der Waals surface area (Å²) < 4.78 is 5.47. The van der Waals surface area contributed by atoms with Gasteiger partial charge in [-0.1, -0.05) is 0 Å². The van der Waals surface area contributed by atoms with Gasteiger partial charge < -0.3 is 20.7 Å². The number of carbonyl (C=O) groups is 1. The van der Waals surface area contributed by atoms with E-state index in [1.54, 1.807) is 0 Å². The third-order valence-corrected chi connectivity index (χ3v) is 3.44. The molecule has 6 N–H and O–H groups in total. The summed E-state index contributed by atoms with van der Waals surface area (Å²) in [4.78, 5) is 21.0. The number of amidine groups is 1. The number of fused-ring (bicyclic) bond motifs is 1. The van der Waals surface area contributed by atoms with E-state index in [0.717, 1.165) is 0 Å². The van der Waals surface area contributed by atoms with Crippen LogP contribution in [-0.2, 0) is 9.53 Å². The second kappa shape index (κ2) is 4.59. The predicted octanol–water partition coefficient (Wildman–Crippen LogP) is -3.43. The second-order valence-electron chi connectivity index (χ2n) is 4.70. The molecule has 3 heterocycles. The third kappa shape index (κ3) is 1.81. The van der Waals surface area contributed by atoms with Crippen LogP contribution in [0.2, 0.25) is 0 Å². The molecule has 10 nitrogen and oxygen atoms in total. The quantitative estimate of drug-likeness (QED) is 0.355. The van der Waals surface area contributed by atoms with E-state index in [1.165, 1.54) is 11.2 Å². The van der Waals surface area contributed by atoms with Gasteiger partial charge in [-0.05, 0) is 0 Å². The molecule has 1 amide bonds. The first-order valence-corrected chi connectivity index (χ1v) is 6.02. The van der Waals surface area contributed by atoms with Crippen molar-refractivity contribution in [2.75, 3.05) is 6.61 Å². The molecule has 20 heavy (non-hydrogen) atoms. The highest BCUT2D eigenvalue weighted by atomic mass is 16.5. The van der Waals surface area contributed by atoms with Crippen molar-refractivity contribution in [3.63, 3.8) is 0 Å². The fourth-order valence-corrected chi connectivity index (χ4v) is 2.40. The maximum Gasteiger partial charge on any atom is 0.259 e. The van der Waals surface area contributed by atoms with Gasteiger partial charge in [-0.3, -0.25) is 25.4 Å². The van der Waals surface area contributed by atoms with Crippen molar-refractivity contribution in [1.29, 1.82) is 5.41 Å². The summed E-state index contributed by atoms with van der Waals surface area (Å²) in [6, 6.07) is -1.63. The number of nitrogens with two attached hydrogens (primary N) is 1. The molecule has 1 fully saturated rings. The third-order valence-electron chi connectivity index (χ3n) is 3.44. The van der Waals surface area contributed by atoms with E-state index in [9.17, 15) is 9.90 Å². The van der Waals surface area contributed by atoms with Crippen LogP contribution in [0.1, 0.15) is 0 Å². The van der Waals surface area contributed by atoms with Crippen LogP contribution in [0.4, 0.5) is 0 Å². The fourth-order valence-electron chi connectivity index (χ4n) is 2.40. The van der Waals surface area contributed by atoms with Crippen molar-refractivity contribution in [3.8, 4) is 0 Å². The molecular weight excluding hydrogens is 268 g/mol. The Kier molecular flexibility index (Phi) is 3.01. The Bertz CT molecular complexity index is 520. The molecule has 0 saturated carbocycles. The average molecular weight is 282 g/mol. The van der Waals surface area contributed by atoms with Crippen LogP contribution >= 0.6 is 0 Å². The first-order chi connectivity index (χ1) is 9.52. The number of hydrogen-bond donors (Lipinski definition) is 5. The van der Waals surface area contributed by atoms with Crippen LogP contribution in [0, 0.1) is 5.41 Å². The van der Waals surface area contributed by atoms with Crippen LogP contribution in [-0.4, -0.2) is 76.3 Å². The number of guanidine groups is 1. The molecule has 0 bridgehead atoms. The number of amides is 1. The van der Waals surface area contributed by atoms with Crippen LogP contribution in [0.3, 0.4) is 0 Å². The minimum absolute atomic E-state index is 0.227. The minimum Gasteiger partial charge on any atom is -0.394 e. The van der Waals surface area contributed by atoms with Gasteiger partial charge in [0.05, 0.1) is 19.0 Å². The Balaban J connectivity index is 1.87. The number of aliphatic hydroxyl groups is 2. The molecule has 0 aromatic carbocycles. The smallest absolute Gasteiger partial charge is 0.259 e. The minimum atomic E-state index is -1.03. The summed E-state index contributed by atoms with van der Waals surface area (Å²) in [5.41, 5.74) is 5.86. The summed E-state index contributed by atoms with van der Waals surface area (Å²) in [5.74, 6) is -0.517. The molecule has 3 rings (SSSR count). The van der Waals surface area contributed by atoms with Gasteiger partial charge in [0.1, 0.15) is 12.2 Å². The van der Waals surface area contributed by atoms with E-state index in [-0.39, 0.29) is 18.4 Å². The van der Waals surface area contributed by atoms with E-state index in [0.29, 0.717) is 0 Å². The predicted molar refractivity (Wildman–Crippen MR) is 67.2 cm³/mol. The largest absolute Gasteiger partial charge is 0.394 e. The highest BCUT2D eigenvalue weighted by Crippen LogP contribution is 2.25. The number of carbonyl (C=O) groups excluding carboxylic acids is 1. The zero-order chi connectivity index (χ0) is 14.4. The van der Waals surface area contributed by atoms with Crippen molar-refractivity contribution in [3.05, 3.63) is 0 Å². The Morgan fingerprint density at radius 3 is 3.00 bits per heavy atom. The first kappa shape index (κ1) is 13.1. The number of aliphatic hydroxyl groups excluding tert-OH is 2. The first-order valence-electron chi connectivity index (χ1n) is 6.02. The highest BCUT2D eigenvalue weighted by Gasteiger charge is 2.48. The fraction of sp³-hybridized carbons (Fsp3) is 0.600. The van der Waals surface area contributed by atoms with Gasteiger partial charge in [-0.2, -0.15) is 4.99 Å². The van der Waals surface area contributed by atoms with Gasteiger partial charge in [0.2, 0.25) is 5.96 Å². The maximum absolute atomic E-state index is 11.7. The lowest BCUT2D eigenvalue weighted by Crippen LogP contribution is -2.54. The van der Waals surface area contributed by atoms with Crippen LogP contribution < -0.4 is 11.1 Å². The molecule has 0 aromatic rings. The van der Waals surface area contributed by atoms with Gasteiger partial charge in [-0.15, -0.1) is 0 Å². The molecule has 3 aliphatic rings. The highest BCUT2D eigenvalue weighted by molar-refractivity contribution is 6.23. The van der Waals surface area contributed by atoms with E-state index < -0.39 is 36.4 Å². The Morgan fingerprint density at radius 2 is 2.35 bits per heavy atom. The molecule has 5 unspecified atom stereocenters. The van der Waals surface area contributed by atoms with Gasteiger partial charge in [0.25, 0.3) is 5.91 Å². The van der Waals surface area contributed by atoms with E-state index >= 15 is 0 Å². The number of nitrogens with one attached hydrogen (secondary N) is 2. The summed E-state index contributed by atoms with van der Waals surface area (Å²) in [6.07, 6.45) is -1.29. The topological polar surface area (TPSA) is 157 Å². The number of aliphatic imine (C=N–C) groups is 2. The molecule has 5 atom stereocenters. The van der Waals surface area contributed by atoms with Gasteiger partial charge >= 0.3 is 0 Å². The monoisotopic (exact) mass is 282 g/mol. The average Bonchev–Trinajstić information content (AvgIpc) is 2.93. The second-order valence-corrected chi connectivity index (χ2v) is 4.70. The molecule has 108 valence electrons. The van der Waals surface area contributed by atoms with Gasteiger partial charge in [0.15, 0.2) is 18.1 Å². The van der Waals surface area contributed by atoms with Crippen molar-refractivity contribution >= 4 is 24.0 Å². The van der Waals surface area contributed by atoms with E-state index in [1.807, 2.05) is 0 Å². The Labute approximate surface area is 113 Å². The lowest BCUT2D eigenvalue weighted by molar-refractivity contribution is -0.119. The standard InChI is InChI=1S/C10H14N6O4/c11-4-6(18)3(1-17)20-9(4)16-2-13-5-7(16)14-10(12)15-8(5)19/h2-6,9,17-18H,1,11H2,(H2,12,15,19). The molecule has 0 radical (unpaired) electrons. The van der Waals surface area contributed by atoms with Crippen molar-refractivity contribution in [1.82, 2.24) is 10.2 Å². The van der Waals surface area contributed by atoms with Gasteiger partial charge in [-0.25, -0.2) is 0 Å². The van der Waals surface area contributed by atoms with Crippen LogP contribution in [0.5, 0.6) is 0 Å². The van der Waals surface area contributed by atoms with Crippen LogP contribution in [0.25, 0.3) is 0 Å². The van der Waals surface area contributed by atoms with E-state index in [4.69, 9.17) is 21.0 Å². The molecule has 3 aliphatic heterocycles. The molecule has 0 aromatic heterocycles. The lowest BCUT2D eigenvalue weighted by atomic mass is 10.1. The molecule has 0 aliphatic carbocycles. The van der Waals surface area contributed by atoms with Gasteiger partial charge in [0, 0.05) is 0 Å². The Hall–Kier alpha value is -1.88. The summed E-state index contributed by atoms with van der Waals surface area (Å²) in [5, 5.41) is 28.6. The summed E-state index contributed by atoms with van der Waals surface area (Å²) in [6.45, 7) is -0.372. The molecule has 0 spiro atoms. The van der Waals surface area contributed by atoms with E-state index in [2.05, 4.69) is 15.3 Å². The number of nitrogens with zero attached hydrogens (tertiary/aromatic N) is 3. The van der Waals surface area contributed by atoms with Crippen molar-refractivity contribution < 1.29 is 19.7 Å². The molecule has 1 saturated heterocycles. The van der Waals surface area contributed by atoms with Crippen LogP contribution in [0.15, 0.2) is 9.98 Å². The van der Waals surface area contributed by atoms with Crippen molar-refractivity contribution in [2.45, 2.75) is 30.5 Å². The maximum atomic E-state index is 11.7. The number of rotatable bonds is 2. The zero-order valence-electron chi connectivity index (χ0n) is 10.3. The summed E-state index contributed by atoms with van der Waals surface area (Å²) >= 11 is 0. The van der Waals surface area contributed by atoms with Crippen molar-refractivity contribution in [2.24, 2.45) is 15.7 Å². The Morgan fingerprint density at radius 1 is 1.60 bits per heavy atom. The number of hydrogen-bond acceptors (Lipinski definition) is 8. The summed E-state index contributed by atoms with van der Waals surface area (Å²) in [7, 11) is 0. The number of ether oxygens (including phenoxy) is 1. The SMILES string of the molecule is N=C1N=C2C(N=CN2C2OC(CO)C(O)C2N)C(=O)N1. The molecule has 10 heteroatoms. The molecular formula is C10H14N6O4. The normalized spacial score (nSPS) is 39.9.